The van der Waals surface area contributed by atoms with Gasteiger partial charge in [-0.15, -0.1) is 24.8 Å². The van der Waals surface area contributed by atoms with Crippen LogP contribution in [0.5, 0.6) is 11.5 Å². The number of rotatable bonds is 6. The Hall–Kier alpha value is -1.22. The van der Waals surface area contributed by atoms with E-state index in [1.807, 2.05) is 12.1 Å². The highest BCUT2D eigenvalue weighted by atomic mass is 127. The van der Waals surface area contributed by atoms with Crippen LogP contribution >= 0.6 is 47.4 Å². The van der Waals surface area contributed by atoms with E-state index < -0.39 is 0 Å². The van der Waals surface area contributed by atoms with Crippen molar-refractivity contribution in [2.75, 3.05) is 37.9 Å². The summed E-state index contributed by atoms with van der Waals surface area (Å²) in [5, 5.41) is 0. The van der Waals surface area contributed by atoms with Crippen LogP contribution in [-0.4, -0.2) is 47.7 Å². The number of alkyl halides is 1. The molecule has 2 aromatic rings. The predicted molar refractivity (Wildman–Crippen MR) is 129 cm³/mol. The Labute approximate surface area is 197 Å². The molecule has 29 heavy (non-hydrogen) atoms. The third-order valence-electron chi connectivity index (χ3n) is 5.09. The highest BCUT2D eigenvalue weighted by molar-refractivity contribution is 14.1. The van der Waals surface area contributed by atoms with Crippen LogP contribution in [-0.2, 0) is 0 Å². The predicted octanol–water partition coefficient (Wildman–Crippen LogP) is 4.81. The van der Waals surface area contributed by atoms with E-state index >= 15 is 0 Å². The largest absolute Gasteiger partial charge is 0.454 e. The topological polar surface area (TPSA) is 42.0 Å². The van der Waals surface area contributed by atoms with Gasteiger partial charge in [-0.05, 0) is 43.3 Å². The maximum Gasteiger partial charge on any atom is 0.231 e. The maximum atomic E-state index is 12.5. The van der Waals surface area contributed by atoms with Gasteiger partial charge in [0.05, 0.1) is 4.05 Å². The number of anilines is 1. The van der Waals surface area contributed by atoms with E-state index in [1.54, 1.807) is 6.07 Å². The zero-order chi connectivity index (χ0) is 18.6. The van der Waals surface area contributed by atoms with E-state index in [9.17, 15) is 4.79 Å². The average molecular weight is 551 g/mol. The zero-order valence-electron chi connectivity index (χ0n) is 16.0. The molecule has 5 nitrogen and oxygen atoms in total. The third kappa shape index (κ3) is 5.90. The Bertz CT molecular complexity index is 810. The lowest BCUT2D eigenvalue weighted by Crippen LogP contribution is -2.50. The number of hydrogen-bond donors (Lipinski definition) is 0. The van der Waals surface area contributed by atoms with Gasteiger partial charge in [0.1, 0.15) is 0 Å². The molecule has 2 heterocycles. The number of halogens is 3. The minimum absolute atomic E-state index is 0. The second kappa shape index (κ2) is 11.2. The van der Waals surface area contributed by atoms with E-state index in [4.69, 9.17) is 9.47 Å². The first-order chi connectivity index (χ1) is 13.2. The lowest BCUT2D eigenvalue weighted by Gasteiger charge is -2.40. The Kier molecular flexibility index (Phi) is 9.33. The minimum Gasteiger partial charge on any atom is -0.454 e. The summed E-state index contributed by atoms with van der Waals surface area (Å²) >= 11 is 2.52. The molecule has 4 rings (SSSR count). The molecule has 8 heteroatoms. The lowest BCUT2D eigenvalue weighted by atomic mass is 10.1. The van der Waals surface area contributed by atoms with Crippen LogP contribution in [0.2, 0.25) is 0 Å². The van der Waals surface area contributed by atoms with Gasteiger partial charge in [0.15, 0.2) is 17.3 Å². The molecule has 0 bridgehead atoms. The summed E-state index contributed by atoms with van der Waals surface area (Å²) in [6.45, 7) is 4.26. The molecule has 0 radical (unpaired) electrons. The van der Waals surface area contributed by atoms with Gasteiger partial charge in [0.25, 0.3) is 0 Å². The SMILES string of the molecule is Cl.Cl.O=C(CCCN1CCN(c2ccccc2)CC1I)c1ccc2c(c1)OCO2. The number of ether oxygens (including phenoxy) is 2. The van der Waals surface area contributed by atoms with Crippen molar-refractivity contribution < 1.29 is 14.3 Å². The molecule has 0 aliphatic carbocycles. The fourth-order valence-corrected chi connectivity index (χ4v) is 4.59. The van der Waals surface area contributed by atoms with Crippen molar-refractivity contribution >= 4 is 58.9 Å². The number of ketones is 1. The zero-order valence-corrected chi connectivity index (χ0v) is 19.8. The summed E-state index contributed by atoms with van der Waals surface area (Å²) in [7, 11) is 0. The van der Waals surface area contributed by atoms with Gasteiger partial charge >= 0.3 is 0 Å². The number of carbonyl (C=O) groups excluding carboxylic acids is 1. The van der Waals surface area contributed by atoms with Gasteiger partial charge in [0, 0.05) is 37.3 Å². The van der Waals surface area contributed by atoms with Gasteiger partial charge in [-0.3, -0.25) is 9.69 Å². The average Bonchev–Trinajstić information content (AvgIpc) is 3.17. The van der Waals surface area contributed by atoms with E-state index in [0.717, 1.165) is 38.3 Å². The summed E-state index contributed by atoms with van der Waals surface area (Å²) in [5.41, 5.74) is 2.00. The monoisotopic (exact) mass is 550 g/mol. The summed E-state index contributed by atoms with van der Waals surface area (Å²) in [6, 6.07) is 16.0. The van der Waals surface area contributed by atoms with E-state index in [0.29, 0.717) is 21.8 Å². The molecular formula is C21H25Cl2IN2O3. The number of carbonyl (C=O) groups is 1. The van der Waals surface area contributed by atoms with Crippen molar-refractivity contribution in [2.24, 2.45) is 0 Å². The van der Waals surface area contributed by atoms with Crippen LogP contribution in [0.1, 0.15) is 23.2 Å². The standard InChI is InChI=1S/C21H23IN2O3.2ClH/c22-21-14-24(17-5-2-1-3-6-17)12-11-23(21)10-4-7-18(25)16-8-9-19-20(13-16)27-15-26-19;;/h1-3,5-6,8-9,13,21H,4,7,10-12,14-15H2;2*1H. The van der Waals surface area contributed by atoms with E-state index in [2.05, 4.69) is 62.7 Å². The molecule has 1 fully saturated rings. The first-order valence-electron chi connectivity index (χ1n) is 9.32. The van der Waals surface area contributed by atoms with Crippen LogP contribution in [0.4, 0.5) is 5.69 Å². The van der Waals surface area contributed by atoms with Gasteiger partial charge in [-0.25, -0.2) is 0 Å². The van der Waals surface area contributed by atoms with Crippen molar-refractivity contribution in [1.29, 1.82) is 0 Å². The lowest BCUT2D eigenvalue weighted by molar-refractivity contribution is 0.0973. The van der Waals surface area contributed by atoms with Crippen molar-refractivity contribution in [3.8, 4) is 11.5 Å². The fraction of sp³-hybridized carbons (Fsp3) is 0.381. The molecule has 0 spiro atoms. The van der Waals surface area contributed by atoms with Crippen LogP contribution in [0, 0.1) is 0 Å². The Morgan fingerprint density at radius 1 is 1.03 bits per heavy atom. The molecule has 1 saturated heterocycles. The van der Waals surface area contributed by atoms with Crippen LogP contribution in [0.15, 0.2) is 48.5 Å². The molecule has 1 atom stereocenters. The van der Waals surface area contributed by atoms with Crippen molar-refractivity contribution in [3.05, 3.63) is 54.1 Å². The molecule has 2 aliphatic heterocycles. The molecule has 0 N–H and O–H groups in total. The van der Waals surface area contributed by atoms with E-state index in [1.165, 1.54) is 5.69 Å². The highest BCUT2D eigenvalue weighted by Gasteiger charge is 2.25. The summed E-state index contributed by atoms with van der Waals surface area (Å²) in [6.07, 6.45) is 1.43. The second-order valence-corrected chi connectivity index (χ2v) is 8.28. The number of benzene rings is 2. The van der Waals surface area contributed by atoms with Crippen LogP contribution in [0.25, 0.3) is 0 Å². The van der Waals surface area contributed by atoms with Crippen molar-refractivity contribution in [1.82, 2.24) is 4.90 Å². The van der Waals surface area contributed by atoms with Gasteiger partial charge in [0.2, 0.25) is 6.79 Å². The Morgan fingerprint density at radius 2 is 1.79 bits per heavy atom. The maximum absolute atomic E-state index is 12.5. The fourth-order valence-electron chi connectivity index (χ4n) is 3.56. The molecular weight excluding hydrogens is 526 g/mol. The first-order valence-corrected chi connectivity index (χ1v) is 10.6. The first kappa shape index (κ1) is 24.1. The van der Waals surface area contributed by atoms with Crippen LogP contribution < -0.4 is 14.4 Å². The van der Waals surface area contributed by atoms with Crippen molar-refractivity contribution in [2.45, 2.75) is 16.9 Å². The van der Waals surface area contributed by atoms with Gasteiger partial charge < -0.3 is 14.4 Å². The normalized spacial score (nSPS) is 18.0. The highest BCUT2D eigenvalue weighted by Crippen LogP contribution is 2.33. The van der Waals surface area contributed by atoms with E-state index in [-0.39, 0.29) is 37.4 Å². The number of piperazine rings is 1. The summed E-state index contributed by atoms with van der Waals surface area (Å²) in [5.74, 6) is 1.56. The van der Waals surface area contributed by atoms with Gasteiger partial charge in [-0.1, -0.05) is 40.8 Å². The molecule has 2 aromatic carbocycles. The molecule has 0 amide bonds. The number of Topliss-reactive ketones (excluding diaryl/α,β-unsaturated/α-hetero) is 1. The Balaban J connectivity index is 0.00000150. The molecule has 1 unspecified atom stereocenters. The number of nitrogens with zero attached hydrogens (tertiary/aromatic N) is 2. The second-order valence-electron chi connectivity index (χ2n) is 6.85. The quantitative estimate of drug-likeness (QED) is 0.223. The summed E-state index contributed by atoms with van der Waals surface area (Å²) < 4.78 is 11.1. The van der Waals surface area contributed by atoms with Gasteiger partial charge in [-0.2, -0.15) is 0 Å². The molecule has 0 saturated carbocycles. The number of fused-ring (bicyclic) bond motifs is 1. The molecule has 0 aromatic heterocycles. The number of para-hydroxylation sites is 1. The number of hydrogen-bond acceptors (Lipinski definition) is 5. The molecule has 2 aliphatic rings. The molecule has 158 valence electrons. The summed E-state index contributed by atoms with van der Waals surface area (Å²) in [4.78, 5) is 17.4. The Morgan fingerprint density at radius 3 is 2.55 bits per heavy atom. The van der Waals surface area contributed by atoms with Crippen molar-refractivity contribution in [3.63, 3.8) is 0 Å². The van der Waals surface area contributed by atoms with Crippen LogP contribution in [0.3, 0.4) is 0 Å². The smallest absolute Gasteiger partial charge is 0.231 e. The minimum atomic E-state index is 0. The third-order valence-corrected chi connectivity index (χ3v) is 6.27.